The summed E-state index contributed by atoms with van der Waals surface area (Å²) in [6, 6.07) is 8.29. The summed E-state index contributed by atoms with van der Waals surface area (Å²) in [5.74, 6) is -0.514. The molecule has 5 heteroatoms. The van der Waals surface area contributed by atoms with Crippen LogP contribution in [0.3, 0.4) is 0 Å². The zero-order valence-electron chi connectivity index (χ0n) is 8.67. The summed E-state index contributed by atoms with van der Waals surface area (Å²) in [4.78, 5) is 22.5. The first-order valence-electron chi connectivity index (χ1n) is 4.82. The minimum atomic E-state index is -0.778. The molecule has 1 aliphatic rings. The van der Waals surface area contributed by atoms with Crippen molar-refractivity contribution in [3.8, 4) is 0 Å². The van der Waals surface area contributed by atoms with Crippen LogP contribution in [0.5, 0.6) is 0 Å². The van der Waals surface area contributed by atoms with Crippen LogP contribution in [0.2, 0.25) is 0 Å². The minimum absolute atomic E-state index is 0.514. The van der Waals surface area contributed by atoms with E-state index in [0.29, 0.717) is 0 Å². The van der Waals surface area contributed by atoms with Crippen molar-refractivity contribution in [2.75, 3.05) is 7.11 Å². The summed E-state index contributed by atoms with van der Waals surface area (Å²) in [5, 5.41) is 2.42. The highest BCUT2D eigenvalue weighted by molar-refractivity contribution is 5.85. The maximum Gasteiger partial charge on any atom is 0.408 e. The van der Waals surface area contributed by atoms with Crippen LogP contribution >= 0.6 is 0 Å². The molecule has 2 unspecified atom stereocenters. The lowest BCUT2D eigenvalue weighted by atomic mass is 10.0. The largest absolute Gasteiger partial charge is 0.467 e. The molecule has 16 heavy (non-hydrogen) atoms. The van der Waals surface area contributed by atoms with Crippen LogP contribution in [-0.2, 0) is 14.3 Å². The van der Waals surface area contributed by atoms with E-state index in [4.69, 9.17) is 4.74 Å². The Kier molecular flexibility index (Phi) is 2.76. The molecule has 1 saturated heterocycles. The Bertz CT molecular complexity index is 404. The van der Waals surface area contributed by atoms with Crippen LogP contribution in [0, 0.1) is 0 Å². The number of ether oxygens (including phenoxy) is 2. The van der Waals surface area contributed by atoms with E-state index in [2.05, 4.69) is 10.1 Å². The predicted octanol–water partition coefficient (Wildman–Crippen LogP) is 1.01. The van der Waals surface area contributed by atoms with Gasteiger partial charge in [0.05, 0.1) is 7.11 Å². The van der Waals surface area contributed by atoms with Gasteiger partial charge in [0.2, 0.25) is 0 Å². The maximum absolute atomic E-state index is 11.4. The van der Waals surface area contributed by atoms with Gasteiger partial charge in [-0.1, -0.05) is 30.3 Å². The first-order valence-corrected chi connectivity index (χ1v) is 4.82. The molecule has 0 saturated carbocycles. The fraction of sp³-hybridized carbons (Fsp3) is 0.273. The van der Waals surface area contributed by atoms with Gasteiger partial charge in [-0.05, 0) is 5.56 Å². The Morgan fingerprint density at radius 2 is 2.06 bits per heavy atom. The third-order valence-electron chi connectivity index (χ3n) is 2.39. The van der Waals surface area contributed by atoms with Crippen LogP contribution in [0.15, 0.2) is 30.3 Å². The normalized spacial score (nSPS) is 23.4. The third kappa shape index (κ3) is 1.84. The predicted molar refractivity (Wildman–Crippen MR) is 54.6 cm³/mol. The van der Waals surface area contributed by atoms with Crippen molar-refractivity contribution in [3.63, 3.8) is 0 Å². The molecule has 84 valence electrons. The first kappa shape index (κ1) is 10.5. The second kappa shape index (κ2) is 4.22. The molecule has 2 rings (SSSR count). The molecular formula is C11H11NO4. The summed E-state index contributed by atoms with van der Waals surface area (Å²) >= 11 is 0. The Morgan fingerprint density at radius 1 is 1.38 bits per heavy atom. The third-order valence-corrected chi connectivity index (χ3v) is 2.39. The smallest absolute Gasteiger partial charge is 0.408 e. The summed E-state index contributed by atoms with van der Waals surface area (Å²) in [5.41, 5.74) is 0.760. The van der Waals surface area contributed by atoms with Gasteiger partial charge in [0.1, 0.15) is 0 Å². The summed E-state index contributed by atoms with van der Waals surface area (Å²) < 4.78 is 9.63. The van der Waals surface area contributed by atoms with Crippen molar-refractivity contribution in [1.82, 2.24) is 5.32 Å². The number of hydrogen-bond acceptors (Lipinski definition) is 4. The van der Waals surface area contributed by atoms with E-state index >= 15 is 0 Å². The summed E-state index contributed by atoms with van der Waals surface area (Å²) in [6.07, 6.45) is -1.23. The number of benzene rings is 1. The van der Waals surface area contributed by atoms with Gasteiger partial charge in [-0.25, -0.2) is 9.59 Å². The number of cyclic esters (lactones) is 1. The standard InChI is InChI=1S/C11H11NO4/c1-15-10(13)8-9(16-11(14)12-8)7-5-3-2-4-6-7/h2-6,8-9H,1H3,(H,12,14). The molecule has 1 aromatic carbocycles. The molecule has 1 heterocycles. The lowest BCUT2D eigenvalue weighted by Crippen LogP contribution is -2.36. The van der Waals surface area contributed by atoms with Gasteiger partial charge in [0, 0.05) is 0 Å². The van der Waals surface area contributed by atoms with Crippen molar-refractivity contribution in [1.29, 1.82) is 0 Å². The highest BCUT2D eigenvalue weighted by Crippen LogP contribution is 2.26. The minimum Gasteiger partial charge on any atom is -0.467 e. The molecule has 0 radical (unpaired) electrons. The molecule has 1 amide bonds. The van der Waals surface area contributed by atoms with Crippen LogP contribution in [0.1, 0.15) is 11.7 Å². The fourth-order valence-corrected chi connectivity index (χ4v) is 1.63. The molecule has 0 aliphatic carbocycles. The van der Waals surface area contributed by atoms with Crippen LogP contribution in [-0.4, -0.2) is 25.2 Å². The van der Waals surface area contributed by atoms with Gasteiger partial charge < -0.3 is 14.8 Å². The molecule has 0 bridgehead atoms. The van der Waals surface area contributed by atoms with E-state index in [-0.39, 0.29) is 0 Å². The molecular weight excluding hydrogens is 210 g/mol. The second-order valence-electron chi connectivity index (χ2n) is 3.38. The quantitative estimate of drug-likeness (QED) is 0.757. The molecule has 1 fully saturated rings. The molecule has 0 spiro atoms. The molecule has 5 nitrogen and oxygen atoms in total. The number of alkyl carbamates (subject to hydrolysis) is 1. The van der Waals surface area contributed by atoms with Gasteiger partial charge in [0.25, 0.3) is 0 Å². The molecule has 0 aromatic heterocycles. The number of carbonyl (C=O) groups is 2. The molecule has 1 aromatic rings. The number of carbonyl (C=O) groups excluding carboxylic acids is 2. The summed E-state index contributed by atoms with van der Waals surface area (Å²) in [7, 11) is 1.27. The van der Waals surface area contributed by atoms with Crippen LogP contribution < -0.4 is 5.32 Å². The number of hydrogen-bond donors (Lipinski definition) is 1. The first-order chi connectivity index (χ1) is 7.72. The zero-order chi connectivity index (χ0) is 11.5. The van der Waals surface area contributed by atoms with E-state index in [9.17, 15) is 9.59 Å². The number of amides is 1. The molecule has 2 atom stereocenters. The number of nitrogens with one attached hydrogen (secondary N) is 1. The van der Waals surface area contributed by atoms with Gasteiger partial charge in [0.15, 0.2) is 12.1 Å². The van der Waals surface area contributed by atoms with E-state index in [1.165, 1.54) is 7.11 Å². The SMILES string of the molecule is COC(=O)C1NC(=O)OC1c1ccccc1. The number of rotatable bonds is 2. The molecule has 1 aliphatic heterocycles. The monoisotopic (exact) mass is 221 g/mol. The van der Waals surface area contributed by atoms with Crippen molar-refractivity contribution >= 4 is 12.1 Å². The van der Waals surface area contributed by atoms with Crippen LogP contribution in [0.4, 0.5) is 4.79 Å². The lowest BCUT2D eigenvalue weighted by Gasteiger charge is -2.14. The highest BCUT2D eigenvalue weighted by atomic mass is 16.6. The fourth-order valence-electron chi connectivity index (χ4n) is 1.63. The Hall–Kier alpha value is -2.04. The molecule has 1 N–H and O–H groups in total. The lowest BCUT2D eigenvalue weighted by molar-refractivity contribution is -0.144. The highest BCUT2D eigenvalue weighted by Gasteiger charge is 2.40. The Morgan fingerprint density at radius 3 is 2.69 bits per heavy atom. The van der Waals surface area contributed by atoms with E-state index < -0.39 is 24.2 Å². The summed E-state index contributed by atoms with van der Waals surface area (Å²) in [6.45, 7) is 0. The van der Waals surface area contributed by atoms with Gasteiger partial charge in [-0.2, -0.15) is 0 Å². The average molecular weight is 221 g/mol. The maximum atomic E-state index is 11.4. The van der Waals surface area contributed by atoms with Crippen molar-refractivity contribution in [2.24, 2.45) is 0 Å². The van der Waals surface area contributed by atoms with E-state index in [0.717, 1.165) is 5.56 Å². The Labute approximate surface area is 92.4 Å². The van der Waals surface area contributed by atoms with Crippen LogP contribution in [0.25, 0.3) is 0 Å². The van der Waals surface area contributed by atoms with E-state index in [1.807, 2.05) is 18.2 Å². The second-order valence-corrected chi connectivity index (χ2v) is 3.38. The Balaban J connectivity index is 2.26. The van der Waals surface area contributed by atoms with E-state index in [1.54, 1.807) is 12.1 Å². The number of methoxy groups -OCH3 is 1. The number of esters is 1. The van der Waals surface area contributed by atoms with Gasteiger partial charge in [-0.3, -0.25) is 0 Å². The van der Waals surface area contributed by atoms with Crippen molar-refractivity contribution in [3.05, 3.63) is 35.9 Å². The zero-order valence-corrected chi connectivity index (χ0v) is 8.67. The van der Waals surface area contributed by atoms with Gasteiger partial charge >= 0.3 is 12.1 Å². The van der Waals surface area contributed by atoms with Gasteiger partial charge in [-0.15, -0.1) is 0 Å². The topological polar surface area (TPSA) is 64.6 Å². The van der Waals surface area contributed by atoms with Crippen molar-refractivity contribution < 1.29 is 19.1 Å². The van der Waals surface area contributed by atoms with Crippen molar-refractivity contribution in [2.45, 2.75) is 12.1 Å². The average Bonchev–Trinajstić information content (AvgIpc) is 2.71.